The molecule has 0 aromatic rings. The molecule has 0 spiro atoms. The fraction of sp³-hybridized carbons (Fsp3) is 0.833. The minimum atomic E-state index is -0.252. The van der Waals surface area contributed by atoms with Crippen LogP contribution in [-0.4, -0.2) is 48.4 Å². The quantitative estimate of drug-likeness (QED) is 0.737. The lowest BCUT2D eigenvalue weighted by Gasteiger charge is -2.32. The number of likely N-dealkylation sites (N-methyl/N-ethyl adjacent to an activating group) is 1. The Morgan fingerprint density at radius 3 is 2.65 bits per heavy atom. The van der Waals surface area contributed by atoms with Crippen LogP contribution < -0.4 is 10.6 Å². The Labute approximate surface area is 103 Å². The van der Waals surface area contributed by atoms with Crippen molar-refractivity contribution in [2.75, 3.05) is 20.1 Å². The Hall–Kier alpha value is -1.10. The maximum Gasteiger partial charge on any atom is 0.240 e. The third kappa shape index (κ3) is 4.34. The van der Waals surface area contributed by atoms with Gasteiger partial charge in [-0.1, -0.05) is 0 Å². The smallest absolute Gasteiger partial charge is 0.240 e. The molecule has 5 nitrogen and oxygen atoms in total. The predicted molar refractivity (Wildman–Crippen MR) is 66.6 cm³/mol. The molecule has 1 aliphatic heterocycles. The van der Waals surface area contributed by atoms with Gasteiger partial charge in [-0.2, -0.15) is 0 Å². The van der Waals surface area contributed by atoms with Crippen molar-refractivity contribution in [3.8, 4) is 0 Å². The van der Waals surface area contributed by atoms with Crippen molar-refractivity contribution >= 4 is 11.8 Å². The second-order valence-electron chi connectivity index (χ2n) is 5.54. The summed E-state index contributed by atoms with van der Waals surface area (Å²) in [5, 5.41) is 5.85. The van der Waals surface area contributed by atoms with Crippen molar-refractivity contribution in [2.24, 2.45) is 0 Å². The zero-order valence-electron chi connectivity index (χ0n) is 11.2. The Kier molecular flexibility index (Phi) is 4.51. The van der Waals surface area contributed by atoms with E-state index in [1.165, 1.54) is 0 Å². The molecule has 1 aliphatic rings. The van der Waals surface area contributed by atoms with E-state index >= 15 is 0 Å². The molecule has 1 fully saturated rings. The standard InChI is InChI=1S/C12H23N3O2/c1-12(2,3)14-10(16)8-15-7-5-6-9(13-4)11(15)17/h9,13H,5-8H2,1-4H3,(H,14,16). The first-order valence-corrected chi connectivity index (χ1v) is 6.10. The van der Waals surface area contributed by atoms with E-state index in [0.717, 1.165) is 12.8 Å². The van der Waals surface area contributed by atoms with Crippen LogP contribution in [0.25, 0.3) is 0 Å². The molecule has 1 heterocycles. The summed E-state index contributed by atoms with van der Waals surface area (Å²) in [7, 11) is 1.78. The van der Waals surface area contributed by atoms with E-state index < -0.39 is 0 Å². The maximum absolute atomic E-state index is 11.9. The number of piperidine rings is 1. The molecule has 0 bridgehead atoms. The van der Waals surface area contributed by atoms with Crippen LogP contribution in [0, 0.1) is 0 Å². The number of hydrogen-bond donors (Lipinski definition) is 2. The minimum absolute atomic E-state index is 0.0304. The minimum Gasteiger partial charge on any atom is -0.350 e. The molecule has 0 aromatic carbocycles. The molecule has 2 amide bonds. The lowest BCUT2D eigenvalue weighted by molar-refractivity contribution is -0.140. The predicted octanol–water partition coefficient (Wildman–Crippen LogP) is 0.112. The normalized spacial score (nSPS) is 21.5. The average molecular weight is 241 g/mol. The molecule has 0 saturated carbocycles. The van der Waals surface area contributed by atoms with Gasteiger partial charge in [0.05, 0.1) is 12.6 Å². The van der Waals surface area contributed by atoms with E-state index in [1.807, 2.05) is 20.8 Å². The SMILES string of the molecule is CNC1CCCN(CC(=O)NC(C)(C)C)C1=O. The summed E-state index contributed by atoms with van der Waals surface area (Å²) in [6, 6.07) is -0.133. The van der Waals surface area contributed by atoms with Gasteiger partial charge in [-0.25, -0.2) is 0 Å². The molecule has 1 rings (SSSR count). The molecule has 2 N–H and O–H groups in total. The van der Waals surface area contributed by atoms with Crippen molar-refractivity contribution < 1.29 is 9.59 Å². The topological polar surface area (TPSA) is 61.4 Å². The second-order valence-corrected chi connectivity index (χ2v) is 5.54. The van der Waals surface area contributed by atoms with Gasteiger partial charge >= 0.3 is 0 Å². The highest BCUT2D eigenvalue weighted by Gasteiger charge is 2.29. The lowest BCUT2D eigenvalue weighted by atomic mass is 10.0. The van der Waals surface area contributed by atoms with Crippen molar-refractivity contribution in [2.45, 2.75) is 45.2 Å². The number of rotatable bonds is 3. The Morgan fingerprint density at radius 1 is 1.47 bits per heavy atom. The summed E-state index contributed by atoms with van der Waals surface area (Å²) in [6.45, 7) is 6.63. The van der Waals surface area contributed by atoms with E-state index in [9.17, 15) is 9.59 Å². The second kappa shape index (κ2) is 5.49. The van der Waals surface area contributed by atoms with Gasteiger partial charge in [-0.3, -0.25) is 9.59 Å². The van der Waals surface area contributed by atoms with Gasteiger partial charge in [0.15, 0.2) is 0 Å². The highest BCUT2D eigenvalue weighted by atomic mass is 16.2. The van der Waals surface area contributed by atoms with E-state index in [1.54, 1.807) is 11.9 Å². The highest BCUT2D eigenvalue weighted by Crippen LogP contribution is 2.11. The van der Waals surface area contributed by atoms with Crippen LogP contribution in [0.1, 0.15) is 33.6 Å². The van der Waals surface area contributed by atoms with Crippen LogP contribution in [0.2, 0.25) is 0 Å². The van der Waals surface area contributed by atoms with Crippen LogP contribution in [0.5, 0.6) is 0 Å². The molecule has 1 unspecified atom stereocenters. The fourth-order valence-corrected chi connectivity index (χ4v) is 2.00. The number of nitrogens with zero attached hydrogens (tertiary/aromatic N) is 1. The highest BCUT2D eigenvalue weighted by molar-refractivity contribution is 5.88. The molecule has 0 aromatic heterocycles. The first kappa shape index (κ1) is 14.0. The van der Waals surface area contributed by atoms with Crippen LogP contribution in [0.4, 0.5) is 0 Å². The zero-order valence-corrected chi connectivity index (χ0v) is 11.2. The molecular weight excluding hydrogens is 218 g/mol. The van der Waals surface area contributed by atoms with Crippen molar-refractivity contribution in [1.82, 2.24) is 15.5 Å². The van der Waals surface area contributed by atoms with Gasteiger partial charge in [0.2, 0.25) is 11.8 Å². The third-order valence-electron chi connectivity index (χ3n) is 2.73. The number of nitrogens with one attached hydrogen (secondary N) is 2. The summed E-state index contributed by atoms with van der Waals surface area (Å²) in [5.41, 5.74) is -0.252. The number of likely N-dealkylation sites (tertiary alicyclic amines) is 1. The van der Waals surface area contributed by atoms with E-state index in [2.05, 4.69) is 10.6 Å². The number of carbonyl (C=O) groups is 2. The average Bonchev–Trinajstić information content (AvgIpc) is 2.18. The van der Waals surface area contributed by atoms with Crippen LogP contribution in [-0.2, 0) is 9.59 Å². The monoisotopic (exact) mass is 241 g/mol. The van der Waals surface area contributed by atoms with Crippen LogP contribution in [0.15, 0.2) is 0 Å². The van der Waals surface area contributed by atoms with Gasteiger partial charge in [0.1, 0.15) is 0 Å². The summed E-state index contributed by atoms with van der Waals surface area (Å²) in [6.07, 6.45) is 1.80. The molecule has 5 heteroatoms. The molecular formula is C12H23N3O2. The van der Waals surface area contributed by atoms with Gasteiger partial charge in [0.25, 0.3) is 0 Å². The Morgan fingerprint density at radius 2 is 2.12 bits per heavy atom. The molecule has 98 valence electrons. The van der Waals surface area contributed by atoms with Crippen LogP contribution >= 0.6 is 0 Å². The van der Waals surface area contributed by atoms with Gasteiger partial charge in [0, 0.05) is 12.1 Å². The number of carbonyl (C=O) groups excluding carboxylic acids is 2. The number of amides is 2. The summed E-state index contributed by atoms with van der Waals surface area (Å²) in [5.74, 6) is -0.0644. The van der Waals surface area contributed by atoms with E-state index in [4.69, 9.17) is 0 Å². The summed E-state index contributed by atoms with van der Waals surface area (Å²) < 4.78 is 0. The summed E-state index contributed by atoms with van der Waals surface area (Å²) in [4.78, 5) is 25.3. The Bertz CT molecular complexity index is 297. The third-order valence-corrected chi connectivity index (χ3v) is 2.73. The molecule has 0 aliphatic carbocycles. The Balaban J connectivity index is 2.50. The van der Waals surface area contributed by atoms with Crippen molar-refractivity contribution in [3.63, 3.8) is 0 Å². The van der Waals surface area contributed by atoms with Crippen molar-refractivity contribution in [3.05, 3.63) is 0 Å². The van der Waals surface area contributed by atoms with E-state index in [-0.39, 0.29) is 29.9 Å². The number of hydrogen-bond acceptors (Lipinski definition) is 3. The first-order valence-electron chi connectivity index (χ1n) is 6.10. The van der Waals surface area contributed by atoms with Gasteiger partial charge < -0.3 is 15.5 Å². The summed E-state index contributed by atoms with van der Waals surface area (Å²) >= 11 is 0. The zero-order chi connectivity index (χ0) is 13.1. The van der Waals surface area contributed by atoms with Crippen LogP contribution in [0.3, 0.4) is 0 Å². The van der Waals surface area contributed by atoms with Gasteiger partial charge in [-0.05, 0) is 40.7 Å². The van der Waals surface area contributed by atoms with E-state index in [0.29, 0.717) is 6.54 Å². The molecule has 1 saturated heterocycles. The maximum atomic E-state index is 11.9. The van der Waals surface area contributed by atoms with Crippen molar-refractivity contribution in [1.29, 1.82) is 0 Å². The fourth-order valence-electron chi connectivity index (χ4n) is 2.00. The largest absolute Gasteiger partial charge is 0.350 e. The molecule has 17 heavy (non-hydrogen) atoms. The van der Waals surface area contributed by atoms with Gasteiger partial charge in [-0.15, -0.1) is 0 Å². The lowest BCUT2D eigenvalue weighted by Crippen LogP contribution is -2.54. The first-order chi connectivity index (χ1) is 7.83. The molecule has 0 radical (unpaired) electrons. The molecule has 1 atom stereocenters.